The van der Waals surface area contributed by atoms with Crippen molar-refractivity contribution in [3.8, 4) is 10.4 Å². The molecule has 4 N–H and O–H groups in total. The summed E-state index contributed by atoms with van der Waals surface area (Å²) in [4.78, 5) is 2.46. The van der Waals surface area contributed by atoms with E-state index >= 15 is 0 Å². The van der Waals surface area contributed by atoms with Crippen LogP contribution in [0, 0.1) is 0 Å². The predicted molar refractivity (Wildman–Crippen MR) is 121 cm³/mol. The predicted octanol–water partition coefficient (Wildman–Crippen LogP) is 3.37. The van der Waals surface area contributed by atoms with Gasteiger partial charge in [0.2, 0.25) is 0 Å². The van der Waals surface area contributed by atoms with Crippen molar-refractivity contribution in [3.05, 3.63) is 81.7 Å². The van der Waals surface area contributed by atoms with E-state index in [0.717, 1.165) is 12.0 Å². The van der Waals surface area contributed by atoms with Crippen LogP contribution in [0.15, 0.2) is 60.7 Å². The average Bonchev–Trinajstić information content (AvgIpc) is 3.27. The highest BCUT2D eigenvalue weighted by molar-refractivity contribution is 7.15. The van der Waals surface area contributed by atoms with E-state index in [9.17, 15) is 20.4 Å². The number of ether oxygens (including phenoxy) is 1. The lowest BCUT2D eigenvalue weighted by Gasteiger charge is -2.40. The minimum Gasteiger partial charge on any atom is -0.394 e. The van der Waals surface area contributed by atoms with Crippen LogP contribution >= 0.6 is 22.9 Å². The number of aliphatic hydroxyl groups is 4. The topological polar surface area (TPSA) is 90.2 Å². The second-order valence-electron chi connectivity index (χ2n) is 7.73. The second-order valence-corrected chi connectivity index (χ2v) is 9.31. The summed E-state index contributed by atoms with van der Waals surface area (Å²) in [6.45, 7) is -0.454. The lowest BCUT2D eigenvalue weighted by atomic mass is 9.90. The first-order valence-corrected chi connectivity index (χ1v) is 11.4. The highest BCUT2D eigenvalue weighted by Gasteiger charge is 2.43. The Morgan fingerprint density at radius 2 is 1.65 bits per heavy atom. The van der Waals surface area contributed by atoms with Crippen molar-refractivity contribution in [2.24, 2.45) is 0 Å². The number of aliphatic hydroxyl groups excluding tert-OH is 4. The molecule has 0 amide bonds. The molecule has 4 rings (SSSR count). The molecule has 3 aromatic rings. The summed E-state index contributed by atoms with van der Waals surface area (Å²) in [5.41, 5.74) is 2.75. The highest BCUT2D eigenvalue weighted by Crippen LogP contribution is 2.35. The Labute approximate surface area is 190 Å². The molecule has 5 nitrogen and oxygen atoms in total. The van der Waals surface area contributed by atoms with Gasteiger partial charge in [0.15, 0.2) is 0 Å². The molecule has 1 aliphatic rings. The average molecular weight is 461 g/mol. The summed E-state index contributed by atoms with van der Waals surface area (Å²) in [7, 11) is 0. The molecule has 7 heteroatoms. The van der Waals surface area contributed by atoms with Gasteiger partial charge >= 0.3 is 0 Å². The summed E-state index contributed by atoms with van der Waals surface area (Å²) in [5, 5.41) is 40.5. The quantitative estimate of drug-likeness (QED) is 0.453. The first-order valence-electron chi connectivity index (χ1n) is 10.2. The van der Waals surface area contributed by atoms with E-state index in [2.05, 4.69) is 24.3 Å². The molecule has 2 aromatic carbocycles. The molecule has 1 aliphatic heterocycles. The van der Waals surface area contributed by atoms with Gasteiger partial charge in [0.25, 0.3) is 0 Å². The number of hydrogen-bond donors (Lipinski definition) is 4. The van der Waals surface area contributed by atoms with E-state index in [-0.39, 0.29) is 0 Å². The fraction of sp³-hybridized carbons (Fsp3) is 0.333. The van der Waals surface area contributed by atoms with Gasteiger partial charge in [0.05, 0.1) is 6.61 Å². The Kier molecular flexibility index (Phi) is 7.08. The fourth-order valence-corrected chi connectivity index (χ4v) is 5.09. The van der Waals surface area contributed by atoms with Gasteiger partial charge in [-0.05, 0) is 47.7 Å². The van der Waals surface area contributed by atoms with Crippen LogP contribution in [0.2, 0.25) is 5.02 Å². The van der Waals surface area contributed by atoms with Crippen LogP contribution in [0.25, 0.3) is 10.4 Å². The number of hydrogen-bond acceptors (Lipinski definition) is 6. The van der Waals surface area contributed by atoms with Gasteiger partial charge in [0.1, 0.15) is 30.5 Å². The first kappa shape index (κ1) is 22.4. The zero-order chi connectivity index (χ0) is 22.0. The smallest absolute Gasteiger partial charge is 0.113 e. The first-order chi connectivity index (χ1) is 15.0. The number of rotatable bonds is 6. The zero-order valence-electron chi connectivity index (χ0n) is 16.8. The second kappa shape index (κ2) is 9.79. The van der Waals surface area contributed by atoms with E-state index in [1.807, 2.05) is 24.3 Å². The molecule has 5 atom stereocenters. The summed E-state index contributed by atoms with van der Waals surface area (Å²) < 4.78 is 5.68. The molecule has 1 aromatic heterocycles. The van der Waals surface area contributed by atoms with Gasteiger partial charge in [-0.1, -0.05) is 54.1 Å². The summed E-state index contributed by atoms with van der Waals surface area (Å²) >= 11 is 8.17. The van der Waals surface area contributed by atoms with Crippen LogP contribution in [0.3, 0.4) is 0 Å². The van der Waals surface area contributed by atoms with Crippen molar-refractivity contribution >= 4 is 22.9 Å². The van der Waals surface area contributed by atoms with Crippen LogP contribution in [0.5, 0.6) is 0 Å². The number of halogens is 1. The standard InChI is InChI=1S/C24H25ClO5S/c25-18-10-7-16(24-23(29)22(28)21(27)19(13-26)30-24)12-15(18)6-8-17-9-11-20(31-17)14-4-2-1-3-5-14/h1-5,7,9-12,19,21-24,26-29H,6,8,13H2/t19-,21-,22+,23-,24+/m1/s1. The molecule has 0 radical (unpaired) electrons. The van der Waals surface area contributed by atoms with Crippen LogP contribution < -0.4 is 0 Å². The van der Waals surface area contributed by atoms with Gasteiger partial charge in [-0.25, -0.2) is 0 Å². The highest BCUT2D eigenvalue weighted by atomic mass is 35.5. The van der Waals surface area contributed by atoms with E-state index in [4.69, 9.17) is 16.3 Å². The van der Waals surface area contributed by atoms with Gasteiger partial charge in [0, 0.05) is 14.8 Å². The molecule has 0 unspecified atom stereocenters. The maximum atomic E-state index is 10.4. The van der Waals surface area contributed by atoms with Crippen LogP contribution in [0.4, 0.5) is 0 Å². The van der Waals surface area contributed by atoms with Gasteiger partial charge in [-0.3, -0.25) is 0 Å². The van der Waals surface area contributed by atoms with Crippen LogP contribution in [-0.4, -0.2) is 51.4 Å². The van der Waals surface area contributed by atoms with Crippen molar-refractivity contribution in [2.45, 2.75) is 43.4 Å². The largest absolute Gasteiger partial charge is 0.394 e. The minimum atomic E-state index is -1.41. The Hall–Kier alpha value is -1.77. The number of aryl methyl sites for hydroxylation is 2. The van der Waals surface area contributed by atoms with E-state index in [0.29, 0.717) is 17.0 Å². The molecule has 164 valence electrons. The third kappa shape index (κ3) is 4.86. The Balaban J connectivity index is 1.49. The van der Waals surface area contributed by atoms with Crippen molar-refractivity contribution in [1.29, 1.82) is 0 Å². The third-order valence-corrected chi connectivity index (χ3v) is 7.21. The van der Waals surface area contributed by atoms with E-state index in [1.165, 1.54) is 15.3 Å². The van der Waals surface area contributed by atoms with Crippen LogP contribution in [-0.2, 0) is 17.6 Å². The fourth-order valence-electron chi connectivity index (χ4n) is 3.87. The molecule has 0 saturated carbocycles. The van der Waals surface area contributed by atoms with Gasteiger partial charge in [-0.15, -0.1) is 11.3 Å². The van der Waals surface area contributed by atoms with Crippen molar-refractivity contribution in [2.75, 3.05) is 6.61 Å². The Morgan fingerprint density at radius 1 is 0.871 bits per heavy atom. The third-order valence-electron chi connectivity index (χ3n) is 5.65. The lowest BCUT2D eigenvalue weighted by Crippen LogP contribution is -2.55. The maximum Gasteiger partial charge on any atom is 0.113 e. The van der Waals surface area contributed by atoms with Crippen molar-refractivity contribution in [3.63, 3.8) is 0 Å². The molecule has 0 bridgehead atoms. The number of thiophene rings is 1. The van der Waals surface area contributed by atoms with Crippen molar-refractivity contribution in [1.82, 2.24) is 0 Å². The summed E-state index contributed by atoms with van der Waals surface area (Å²) in [5.74, 6) is 0. The molecule has 0 aliphatic carbocycles. The van der Waals surface area contributed by atoms with E-state index < -0.39 is 37.1 Å². The molecule has 0 spiro atoms. The molecular weight excluding hydrogens is 436 g/mol. The van der Waals surface area contributed by atoms with Gasteiger partial charge in [-0.2, -0.15) is 0 Å². The molecule has 31 heavy (non-hydrogen) atoms. The number of benzene rings is 2. The lowest BCUT2D eigenvalue weighted by molar-refractivity contribution is -0.231. The maximum absolute atomic E-state index is 10.4. The molecule has 1 saturated heterocycles. The molecular formula is C24H25ClO5S. The Morgan fingerprint density at radius 3 is 2.39 bits per heavy atom. The van der Waals surface area contributed by atoms with E-state index in [1.54, 1.807) is 23.5 Å². The van der Waals surface area contributed by atoms with Crippen LogP contribution in [0.1, 0.15) is 22.1 Å². The Bertz CT molecular complexity index is 1010. The zero-order valence-corrected chi connectivity index (χ0v) is 18.3. The summed E-state index contributed by atoms with van der Waals surface area (Å²) in [6, 6.07) is 19.8. The normalized spacial score (nSPS) is 26.2. The minimum absolute atomic E-state index is 0.454. The summed E-state index contributed by atoms with van der Waals surface area (Å²) in [6.07, 6.45) is -4.37. The molecule has 1 fully saturated rings. The van der Waals surface area contributed by atoms with Crippen molar-refractivity contribution < 1.29 is 25.2 Å². The SMILES string of the molecule is OC[C@H]1O[C@@H](c2ccc(Cl)c(CCc3ccc(-c4ccccc4)s3)c2)[C@H](O)[C@@H](O)[C@@H]1O. The van der Waals surface area contributed by atoms with Gasteiger partial charge < -0.3 is 25.2 Å². The molecule has 2 heterocycles. The monoisotopic (exact) mass is 460 g/mol.